The average molecular weight is 290 g/mol. The summed E-state index contributed by atoms with van der Waals surface area (Å²) in [6, 6.07) is 5.98. The van der Waals surface area contributed by atoms with E-state index in [2.05, 4.69) is 5.32 Å². The van der Waals surface area contributed by atoms with Gasteiger partial charge in [0.25, 0.3) is 5.69 Å². The molecule has 0 atom stereocenters. The zero-order chi connectivity index (χ0) is 16.2. The van der Waals surface area contributed by atoms with Crippen LogP contribution in [0.15, 0.2) is 18.2 Å². The highest BCUT2D eigenvalue weighted by molar-refractivity contribution is 5.83. The molecule has 0 aliphatic carbocycles. The van der Waals surface area contributed by atoms with Gasteiger partial charge in [0.1, 0.15) is 5.69 Å². The maximum Gasteiger partial charge on any atom is 0.292 e. The SMILES string of the molecule is CN(CC(=O)NC(C)(C)C)c1cc(C#N)ccc1[N+](=O)[O-]. The van der Waals surface area contributed by atoms with Crippen LogP contribution < -0.4 is 10.2 Å². The highest BCUT2D eigenvalue weighted by Crippen LogP contribution is 2.28. The highest BCUT2D eigenvalue weighted by Gasteiger charge is 2.21. The van der Waals surface area contributed by atoms with Gasteiger partial charge >= 0.3 is 0 Å². The van der Waals surface area contributed by atoms with Crippen molar-refractivity contribution >= 4 is 17.3 Å². The van der Waals surface area contributed by atoms with Crippen LogP contribution in [0.3, 0.4) is 0 Å². The van der Waals surface area contributed by atoms with Gasteiger partial charge in [-0.25, -0.2) is 0 Å². The molecule has 21 heavy (non-hydrogen) atoms. The van der Waals surface area contributed by atoms with Gasteiger partial charge in [0.15, 0.2) is 0 Å². The number of rotatable bonds is 4. The average Bonchev–Trinajstić information content (AvgIpc) is 2.35. The Balaban J connectivity index is 3.01. The van der Waals surface area contributed by atoms with Gasteiger partial charge in [0.05, 0.1) is 23.1 Å². The number of nitro benzene ring substituents is 1. The number of likely N-dealkylation sites (N-methyl/N-ethyl adjacent to an activating group) is 1. The van der Waals surface area contributed by atoms with E-state index in [1.54, 1.807) is 7.05 Å². The normalized spacial score (nSPS) is 10.6. The van der Waals surface area contributed by atoms with E-state index in [1.807, 2.05) is 26.8 Å². The summed E-state index contributed by atoms with van der Waals surface area (Å²) < 4.78 is 0. The molecular formula is C14H18N4O3. The Morgan fingerprint density at radius 1 is 1.48 bits per heavy atom. The molecule has 0 spiro atoms. The number of nitro groups is 1. The topological polar surface area (TPSA) is 99.3 Å². The van der Waals surface area contributed by atoms with Crippen molar-refractivity contribution in [2.24, 2.45) is 0 Å². The number of carbonyl (C=O) groups excluding carboxylic acids is 1. The Morgan fingerprint density at radius 2 is 2.10 bits per heavy atom. The molecule has 1 aromatic rings. The Bertz CT molecular complexity index is 599. The van der Waals surface area contributed by atoms with Crippen molar-refractivity contribution < 1.29 is 9.72 Å². The third-order valence-corrected chi connectivity index (χ3v) is 2.61. The van der Waals surface area contributed by atoms with Gasteiger partial charge in [0.2, 0.25) is 5.91 Å². The lowest BCUT2D eigenvalue weighted by molar-refractivity contribution is -0.384. The zero-order valence-electron chi connectivity index (χ0n) is 12.5. The van der Waals surface area contributed by atoms with Crippen LogP contribution in [0.1, 0.15) is 26.3 Å². The summed E-state index contributed by atoms with van der Waals surface area (Å²) in [4.78, 5) is 23.9. The maximum absolute atomic E-state index is 11.9. The standard InChI is InChI=1S/C14H18N4O3/c1-14(2,3)16-13(19)9-17(4)12-7-10(8-15)5-6-11(12)18(20)21/h5-7H,9H2,1-4H3,(H,16,19). The van der Waals surface area contributed by atoms with E-state index in [1.165, 1.54) is 23.1 Å². The number of nitrogens with zero attached hydrogens (tertiary/aromatic N) is 3. The second-order valence-electron chi connectivity index (χ2n) is 5.73. The lowest BCUT2D eigenvalue weighted by Gasteiger charge is -2.24. The Hall–Kier alpha value is -2.62. The minimum atomic E-state index is -0.533. The monoisotopic (exact) mass is 290 g/mol. The van der Waals surface area contributed by atoms with Crippen molar-refractivity contribution in [3.05, 3.63) is 33.9 Å². The molecule has 0 bridgehead atoms. The van der Waals surface area contributed by atoms with Crippen molar-refractivity contribution in [2.75, 3.05) is 18.5 Å². The third-order valence-electron chi connectivity index (χ3n) is 2.61. The number of carbonyl (C=O) groups is 1. The molecule has 1 N–H and O–H groups in total. The number of hydrogen-bond acceptors (Lipinski definition) is 5. The van der Waals surface area contributed by atoms with E-state index in [9.17, 15) is 14.9 Å². The van der Waals surface area contributed by atoms with Crippen molar-refractivity contribution in [1.82, 2.24) is 5.32 Å². The summed E-state index contributed by atoms with van der Waals surface area (Å²) in [6.07, 6.45) is 0. The quantitative estimate of drug-likeness (QED) is 0.673. The molecule has 7 nitrogen and oxygen atoms in total. The molecule has 1 aromatic carbocycles. The molecule has 0 unspecified atom stereocenters. The Kier molecular flexibility index (Phi) is 4.87. The number of hydrogen-bond donors (Lipinski definition) is 1. The van der Waals surface area contributed by atoms with E-state index in [0.29, 0.717) is 5.56 Å². The predicted octanol–water partition coefficient (Wildman–Crippen LogP) is 1.82. The number of nitriles is 1. The van der Waals surface area contributed by atoms with E-state index in [-0.39, 0.29) is 29.4 Å². The van der Waals surface area contributed by atoms with Crippen molar-refractivity contribution in [2.45, 2.75) is 26.3 Å². The molecule has 0 saturated heterocycles. The van der Waals surface area contributed by atoms with Gasteiger partial charge in [-0.2, -0.15) is 5.26 Å². The molecule has 0 aliphatic heterocycles. The molecule has 0 heterocycles. The third kappa shape index (κ3) is 4.76. The smallest absolute Gasteiger partial charge is 0.292 e. The van der Waals surface area contributed by atoms with E-state index in [0.717, 1.165) is 0 Å². The van der Waals surface area contributed by atoms with Gasteiger partial charge in [0, 0.05) is 18.7 Å². The lowest BCUT2D eigenvalue weighted by atomic mass is 10.1. The largest absolute Gasteiger partial charge is 0.360 e. The second kappa shape index (κ2) is 6.22. The van der Waals surface area contributed by atoms with Crippen molar-refractivity contribution in [3.63, 3.8) is 0 Å². The first-order valence-electron chi connectivity index (χ1n) is 6.35. The molecule has 1 amide bonds. The number of anilines is 1. The molecule has 0 aromatic heterocycles. The maximum atomic E-state index is 11.9. The minimum absolute atomic E-state index is 0.0347. The van der Waals surface area contributed by atoms with E-state index < -0.39 is 4.92 Å². The summed E-state index contributed by atoms with van der Waals surface area (Å²) in [6.45, 7) is 5.52. The van der Waals surface area contributed by atoms with Crippen LogP contribution in [0.2, 0.25) is 0 Å². The first-order chi connectivity index (χ1) is 9.64. The van der Waals surface area contributed by atoms with Crippen LogP contribution in [0, 0.1) is 21.4 Å². The summed E-state index contributed by atoms with van der Waals surface area (Å²) in [5.74, 6) is -0.248. The van der Waals surface area contributed by atoms with Crippen LogP contribution in [-0.2, 0) is 4.79 Å². The summed E-state index contributed by atoms with van der Waals surface area (Å²) in [5.41, 5.74) is 0.0279. The molecule has 7 heteroatoms. The van der Waals surface area contributed by atoms with Crippen LogP contribution in [0.4, 0.5) is 11.4 Å². The molecule has 0 fully saturated rings. The molecule has 1 rings (SSSR count). The molecule has 0 aliphatic rings. The summed E-state index contributed by atoms with van der Waals surface area (Å²) in [5, 5.41) is 22.7. The van der Waals surface area contributed by atoms with Gasteiger partial charge in [-0.15, -0.1) is 0 Å². The first-order valence-corrected chi connectivity index (χ1v) is 6.35. The number of benzene rings is 1. The van der Waals surface area contributed by atoms with Gasteiger partial charge in [-0.1, -0.05) is 0 Å². The fraction of sp³-hybridized carbons (Fsp3) is 0.429. The van der Waals surface area contributed by atoms with E-state index in [4.69, 9.17) is 5.26 Å². The van der Waals surface area contributed by atoms with Gasteiger partial charge in [-0.3, -0.25) is 14.9 Å². The molecule has 0 saturated carbocycles. The minimum Gasteiger partial charge on any atom is -0.360 e. The zero-order valence-corrected chi connectivity index (χ0v) is 12.5. The summed E-state index contributed by atoms with van der Waals surface area (Å²) in [7, 11) is 1.58. The van der Waals surface area contributed by atoms with Crippen LogP contribution in [0.5, 0.6) is 0 Å². The fourth-order valence-corrected chi connectivity index (χ4v) is 1.81. The van der Waals surface area contributed by atoms with E-state index >= 15 is 0 Å². The van der Waals surface area contributed by atoms with Gasteiger partial charge in [-0.05, 0) is 32.9 Å². The molecular weight excluding hydrogens is 272 g/mol. The van der Waals surface area contributed by atoms with Crippen molar-refractivity contribution in [1.29, 1.82) is 5.26 Å². The summed E-state index contributed by atoms with van der Waals surface area (Å²) >= 11 is 0. The lowest BCUT2D eigenvalue weighted by Crippen LogP contribution is -2.45. The van der Waals surface area contributed by atoms with Crippen LogP contribution >= 0.6 is 0 Å². The molecule has 112 valence electrons. The Morgan fingerprint density at radius 3 is 2.57 bits per heavy atom. The predicted molar refractivity (Wildman–Crippen MR) is 79.0 cm³/mol. The molecule has 0 radical (unpaired) electrons. The first kappa shape index (κ1) is 16.4. The second-order valence-corrected chi connectivity index (χ2v) is 5.73. The van der Waals surface area contributed by atoms with Crippen LogP contribution in [-0.4, -0.2) is 30.0 Å². The van der Waals surface area contributed by atoms with Gasteiger partial charge < -0.3 is 10.2 Å². The Labute approximate surface area is 123 Å². The van der Waals surface area contributed by atoms with Crippen LogP contribution in [0.25, 0.3) is 0 Å². The number of amides is 1. The number of nitrogens with one attached hydrogen (secondary N) is 1. The van der Waals surface area contributed by atoms with Crippen molar-refractivity contribution in [3.8, 4) is 6.07 Å². The highest BCUT2D eigenvalue weighted by atomic mass is 16.6. The fourth-order valence-electron chi connectivity index (χ4n) is 1.81.